The Morgan fingerprint density at radius 2 is 1.77 bits per heavy atom. The number of likely N-dealkylation sites (N-methyl/N-ethyl adjacent to an activating group) is 1. The van der Waals surface area contributed by atoms with E-state index in [1.165, 1.54) is 0 Å². The summed E-state index contributed by atoms with van der Waals surface area (Å²) in [6.07, 6.45) is 0.866. The topological polar surface area (TPSA) is 51.2 Å². The Morgan fingerprint density at radius 3 is 2.36 bits per heavy atom. The third kappa shape index (κ3) is 2.68. The molecule has 0 aliphatic carbocycles. The molecule has 5 nitrogen and oxygen atoms in total. The van der Waals surface area contributed by atoms with Crippen molar-refractivity contribution in [3.63, 3.8) is 0 Å². The first-order valence-electron chi connectivity index (χ1n) is 7.76. The van der Waals surface area contributed by atoms with Gasteiger partial charge in [-0.1, -0.05) is 24.3 Å². The molecular formula is C17H25NO4. The normalized spacial score (nSPS) is 32.4. The third-order valence-electron chi connectivity index (χ3n) is 5.06. The van der Waals surface area contributed by atoms with Gasteiger partial charge in [0.15, 0.2) is 6.29 Å². The summed E-state index contributed by atoms with van der Waals surface area (Å²) in [5.74, 6) is 0. The number of benzene rings is 1. The molecule has 2 bridgehead atoms. The van der Waals surface area contributed by atoms with Gasteiger partial charge in [0.25, 0.3) is 0 Å². The quantitative estimate of drug-likeness (QED) is 0.857. The van der Waals surface area contributed by atoms with Crippen molar-refractivity contribution in [2.24, 2.45) is 0 Å². The van der Waals surface area contributed by atoms with E-state index in [1.807, 2.05) is 24.3 Å². The number of hydrogen-bond donors (Lipinski definition) is 1. The molecule has 2 aliphatic rings. The second kappa shape index (κ2) is 6.26. The van der Waals surface area contributed by atoms with Gasteiger partial charge in [-0.25, -0.2) is 0 Å². The monoisotopic (exact) mass is 307 g/mol. The van der Waals surface area contributed by atoms with E-state index in [2.05, 4.69) is 11.9 Å². The summed E-state index contributed by atoms with van der Waals surface area (Å²) in [5, 5.41) is 11.4. The van der Waals surface area contributed by atoms with Crippen molar-refractivity contribution in [3.8, 4) is 0 Å². The second-order valence-corrected chi connectivity index (χ2v) is 6.34. The van der Waals surface area contributed by atoms with Gasteiger partial charge in [-0.2, -0.15) is 0 Å². The van der Waals surface area contributed by atoms with Crippen molar-refractivity contribution in [2.45, 2.75) is 36.8 Å². The zero-order chi connectivity index (χ0) is 15.7. The Labute approximate surface area is 131 Å². The van der Waals surface area contributed by atoms with E-state index in [1.54, 1.807) is 14.2 Å². The molecule has 122 valence electrons. The number of fused-ring (bicyclic) bond motifs is 2. The summed E-state index contributed by atoms with van der Waals surface area (Å²) in [6, 6.07) is 8.36. The van der Waals surface area contributed by atoms with Crippen molar-refractivity contribution >= 4 is 0 Å². The predicted molar refractivity (Wildman–Crippen MR) is 82.5 cm³/mol. The van der Waals surface area contributed by atoms with Gasteiger partial charge in [0.05, 0.1) is 18.8 Å². The molecule has 2 saturated heterocycles. The lowest BCUT2D eigenvalue weighted by atomic mass is 9.75. The SMILES string of the molecule is COC(OC)c1ccccc1C1(O)CC2COCC(C1)N2C. The molecule has 1 N–H and O–H groups in total. The van der Waals surface area contributed by atoms with Crippen LogP contribution < -0.4 is 0 Å². The summed E-state index contributed by atoms with van der Waals surface area (Å²) in [6.45, 7) is 1.35. The van der Waals surface area contributed by atoms with Crippen LogP contribution in [0, 0.1) is 0 Å². The number of methoxy groups -OCH3 is 2. The molecule has 2 unspecified atom stereocenters. The first-order valence-corrected chi connectivity index (χ1v) is 7.76. The van der Waals surface area contributed by atoms with Gasteiger partial charge >= 0.3 is 0 Å². The molecule has 2 fully saturated rings. The lowest BCUT2D eigenvalue weighted by Crippen LogP contribution is -2.59. The van der Waals surface area contributed by atoms with Crippen LogP contribution in [0.15, 0.2) is 24.3 Å². The molecule has 1 aromatic rings. The maximum absolute atomic E-state index is 11.4. The maximum atomic E-state index is 11.4. The average molecular weight is 307 g/mol. The number of ether oxygens (including phenoxy) is 3. The fraction of sp³-hybridized carbons (Fsp3) is 0.647. The van der Waals surface area contributed by atoms with Crippen LogP contribution >= 0.6 is 0 Å². The van der Waals surface area contributed by atoms with Crippen LogP contribution in [0.2, 0.25) is 0 Å². The lowest BCUT2D eigenvalue weighted by Gasteiger charge is -2.50. The summed E-state index contributed by atoms with van der Waals surface area (Å²) < 4.78 is 16.5. The van der Waals surface area contributed by atoms with Crippen LogP contribution in [0.25, 0.3) is 0 Å². The highest BCUT2D eigenvalue weighted by Crippen LogP contribution is 2.42. The van der Waals surface area contributed by atoms with Crippen LogP contribution in [0.1, 0.15) is 30.3 Å². The number of piperidine rings is 1. The van der Waals surface area contributed by atoms with E-state index in [0.717, 1.165) is 11.1 Å². The largest absolute Gasteiger partial charge is 0.385 e. The number of rotatable bonds is 4. The molecule has 0 saturated carbocycles. The molecule has 3 rings (SSSR count). The number of nitrogens with zero attached hydrogens (tertiary/aromatic N) is 1. The first kappa shape index (κ1) is 15.9. The molecule has 22 heavy (non-hydrogen) atoms. The minimum absolute atomic E-state index is 0.245. The number of morpholine rings is 1. The van der Waals surface area contributed by atoms with Crippen LogP contribution in [0.3, 0.4) is 0 Å². The third-order valence-corrected chi connectivity index (χ3v) is 5.06. The van der Waals surface area contributed by atoms with Gasteiger partial charge in [0.2, 0.25) is 0 Å². The Balaban J connectivity index is 1.96. The van der Waals surface area contributed by atoms with Gasteiger partial charge in [0, 0.05) is 31.9 Å². The van der Waals surface area contributed by atoms with Gasteiger partial charge in [-0.05, 0) is 25.5 Å². The molecule has 2 heterocycles. The lowest BCUT2D eigenvalue weighted by molar-refractivity contribution is -0.142. The van der Waals surface area contributed by atoms with Gasteiger partial charge < -0.3 is 19.3 Å². The number of hydrogen-bond acceptors (Lipinski definition) is 5. The summed E-state index contributed by atoms with van der Waals surface area (Å²) >= 11 is 0. The molecule has 2 atom stereocenters. The van der Waals surface area contributed by atoms with Crippen LogP contribution in [-0.4, -0.2) is 56.6 Å². The maximum Gasteiger partial charge on any atom is 0.183 e. The van der Waals surface area contributed by atoms with E-state index in [9.17, 15) is 5.11 Å². The highest BCUT2D eigenvalue weighted by atomic mass is 16.7. The van der Waals surface area contributed by atoms with Crippen molar-refractivity contribution in [1.82, 2.24) is 4.90 Å². The van der Waals surface area contributed by atoms with Crippen LogP contribution in [-0.2, 0) is 19.8 Å². The molecular weight excluding hydrogens is 282 g/mol. The van der Waals surface area contributed by atoms with Gasteiger partial charge in [0.1, 0.15) is 0 Å². The van der Waals surface area contributed by atoms with E-state index < -0.39 is 11.9 Å². The molecule has 0 amide bonds. The van der Waals surface area contributed by atoms with Crippen LogP contribution in [0.4, 0.5) is 0 Å². The highest BCUT2D eigenvalue weighted by molar-refractivity contribution is 5.34. The van der Waals surface area contributed by atoms with Crippen molar-refractivity contribution in [3.05, 3.63) is 35.4 Å². The number of aliphatic hydroxyl groups is 1. The molecule has 1 aromatic carbocycles. The average Bonchev–Trinajstić information content (AvgIpc) is 2.51. The van der Waals surface area contributed by atoms with Gasteiger partial charge in [-0.3, -0.25) is 4.90 Å². The standard InChI is InChI=1S/C17H25NO4/c1-18-12-8-17(19,9-13(18)11-22-10-12)15-7-5-4-6-14(15)16(20-2)21-3/h4-7,12-13,16,19H,8-11H2,1-3H3. The summed E-state index contributed by atoms with van der Waals surface area (Å²) in [5.41, 5.74) is 0.949. The van der Waals surface area contributed by atoms with E-state index in [0.29, 0.717) is 26.1 Å². The zero-order valence-corrected chi connectivity index (χ0v) is 13.5. The molecule has 0 spiro atoms. The van der Waals surface area contributed by atoms with Crippen molar-refractivity contribution in [2.75, 3.05) is 34.5 Å². The fourth-order valence-electron chi connectivity index (χ4n) is 3.84. The summed E-state index contributed by atoms with van der Waals surface area (Å²) in [7, 11) is 5.36. The Morgan fingerprint density at radius 1 is 1.18 bits per heavy atom. The Hall–Kier alpha value is -0.980. The minimum Gasteiger partial charge on any atom is -0.385 e. The van der Waals surface area contributed by atoms with Crippen molar-refractivity contribution in [1.29, 1.82) is 0 Å². The first-order chi connectivity index (χ1) is 10.6. The molecule has 0 radical (unpaired) electrons. The van der Waals surface area contributed by atoms with Gasteiger partial charge in [-0.15, -0.1) is 0 Å². The zero-order valence-electron chi connectivity index (χ0n) is 13.5. The summed E-state index contributed by atoms with van der Waals surface area (Å²) in [4.78, 5) is 2.34. The smallest absolute Gasteiger partial charge is 0.183 e. The minimum atomic E-state index is -0.864. The molecule has 0 aromatic heterocycles. The van der Waals surface area contributed by atoms with Crippen LogP contribution in [0.5, 0.6) is 0 Å². The van der Waals surface area contributed by atoms with E-state index in [4.69, 9.17) is 14.2 Å². The Bertz CT molecular complexity index is 503. The predicted octanol–water partition coefficient (Wildman–Crippen LogP) is 1.66. The fourth-order valence-corrected chi connectivity index (χ4v) is 3.84. The molecule has 2 aliphatic heterocycles. The van der Waals surface area contributed by atoms with E-state index in [-0.39, 0.29) is 12.1 Å². The highest BCUT2D eigenvalue weighted by Gasteiger charge is 2.46. The second-order valence-electron chi connectivity index (χ2n) is 6.34. The Kier molecular flexibility index (Phi) is 4.52. The molecule has 5 heteroatoms. The van der Waals surface area contributed by atoms with E-state index >= 15 is 0 Å². The van der Waals surface area contributed by atoms with Crippen molar-refractivity contribution < 1.29 is 19.3 Å².